The molecule has 1 aromatic rings. The highest BCUT2D eigenvalue weighted by molar-refractivity contribution is 9.10. The Hall–Kier alpha value is -0.980. The Labute approximate surface area is 126 Å². The third kappa shape index (κ3) is 3.77. The molecule has 2 atom stereocenters. The molecular formula is C14H18BrFN2O2. The molecule has 1 aromatic carbocycles. The van der Waals surface area contributed by atoms with Crippen molar-refractivity contribution < 1.29 is 13.9 Å². The molecule has 2 N–H and O–H groups in total. The molecule has 2 rings (SSSR count). The molecule has 20 heavy (non-hydrogen) atoms. The molecule has 2 unspecified atom stereocenters. The minimum absolute atomic E-state index is 0.0363. The van der Waals surface area contributed by atoms with E-state index in [1.165, 1.54) is 12.1 Å². The summed E-state index contributed by atoms with van der Waals surface area (Å²) in [6.45, 7) is 3.89. The lowest BCUT2D eigenvalue weighted by Gasteiger charge is -2.18. The van der Waals surface area contributed by atoms with Gasteiger partial charge in [0.2, 0.25) is 5.91 Å². The summed E-state index contributed by atoms with van der Waals surface area (Å²) in [5.74, 6) is -0.677. The first kappa shape index (κ1) is 15.4. The number of amides is 1. The van der Waals surface area contributed by atoms with Gasteiger partial charge in [-0.1, -0.05) is 6.92 Å². The Morgan fingerprint density at radius 3 is 3.00 bits per heavy atom. The zero-order valence-electron chi connectivity index (χ0n) is 11.3. The minimum Gasteiger partial charge on any atom is -0.379 e. The number of hydrogen-bond donors (Lipinski definition) is 2. The second-order valence-corrected chi connectivity index (χ2v) is 5.67. The average Bonchev–Trinajstić information content (AvgIpc) is 2.88. The normalized spacial score (nSPS) is 21.9. The van der Waals surface area contributed by atoms with Gasteiger partial charge in [0.25, 0.3) is 0 Å². The van der Waals surface area contributed by atoms with E-state index >= 15 is 0 Å². The molecule has 1 amide bonds. The van der Waals surface area contributed by atoms with Crippen LogP contribution < -0.4 is 10.6 Å². The molecule has 0 aromatic heterocycles. The van der Waals surface area contributed by atoms with Crippen LogP contribution in [0.25, 0.3) is 0 Å². The van der Waals surface area contributed by atoms with Crippen LogP contribution in [0.3, 0.4) is 0 Å². The van der Waals surface area contributed by atoms with Crippen LogP contribution in [0.1, 0.15) is 13.3 Å². The average molecular weight is 345 g/mol. The largest absolute Gasteiger partial charge is 0.379 e. The predicted molar refractivity (Wildman–Crippen MR) is 79.1 cm³/mol. The van der Waals surface area contributed by atoms with Gasteiger partial charge in [-0.05, 0) is 47.1 Å². The highest BCUT2D eigenvalue weighted by atomic mass is 79.9. The number of nitrogens with one attached hydrogen (secondary N) is 2. The topological polar surface area (TPSA) is 50.4 Å². The SMILES string of the molecule is CCCNC1COCC1C(=O)Nc1ccc(F)cc1Br. The highest BCUT2D eigenvalue weighted by Crippen LogP contribution is 2.24. The third-order valence-electron chi connectivity index (χ3n) is 3.26. The van der Waals surface area contributed by atoms with Crippen molar-refractivity contribution in [2.75, 3.05) is 25.1 Å². The fraction of sp³-hybridized carbons (Fsp3) is 0.500. The number of rotatable bonds is 5. The molecule has 4 nitrogen and oxygen atoms in total. The molecule has 0 saturated carbocycles. The Morgan fingerprint density at radius 2 is 2.30 bits per heavy atom. The van der Waals surface area contributed by atoms with Crippen LogP contribution in [0.2, 0.25) is 0 Å². The maximum atomic E-state index is 13.0. The Morgan fingerprint density at radius 1 is 1.50 bits per heavy atom. The maximum Gasteiger partial charge on any atom is 0.231 e. The van der Waals surface area contributed by atoms with Gasteiger partial charge in [0.05, 0.1) is 24.8 Å². The molecule has 0 spiro atoms. The molecular weight excluding hydrogens is 327 g/mol. The molecule has 1 aliphatic rings. The smallest absolute Gasteiger partial charge is 0.231 e. The first-order chi connectivity index (χ1) is 9.61. The van der Waals surface area contributed by atoms with Crippen LogP contribution in [0, 0.1) is 11.7 Å². The van der Waals surface area contributed by atoms with Crippen molar-refractivity contribution in [1.82, 2.24) is 5.32 Å². The molecule has 110 valence electrons. The molecule has 1 heterocycles. The molecule has 1 saturated heterocycles. The lowest BCUT2D eigenvalue weighted by Crippen LogP contribution is -2.41. The van der Waals surface area contributed by atoms with Gasteiger partial charge in [-0.3, -0.25) is 4.79 Å². The van der Waals surface area contributed by atoms with Gasteiger partial charge in [-0.15, -0.1) is 0 Å². The van der Waals surface area contributed by atoms with Crippen LogP contribution >= 0.6 is 15.9 Å². The molecule has 1 fully saturated rings. The van der Waals surface area contributed by atoms with E-state index in [0.717, 1.165) is 13.0 Å². The molecule has 0 radical (unpaired) electrons. The molecule has 6 heteroatoms. The quantitative estimate of drug-likeness (QED) is 0.862. The van der Waals surface area contributed by atoms with Gasteiger partial charge in [0, 0.05) is 10.5 Å². The van der Waals surface area contributed by atoms with E-state index in [0.29, 0.717) is 23.4 Å². The van der Waals surface area contributed by atoms with E-state index in [1.807, 2.05) is 0 Å². The monoisotopic (exact) mass is 344 g/mol. The lowest BCUT2D eigenvalue weighted by atomic mass is 10.0. The Kier molecular flexibility index (Phi) is 5.51. The van der Waals surface area contributed by atoms with Crippen LogP contribution in [-0.4, -0.2) is 31.7 Å². The highest BCUT2D eigenvalue weighted by Gasteiger charge is 2.33. The van der Waals surface area contributed by atoms with Gasteiger partial charge in [-0.25, -0.2) is 4.39 Å². The van der Waals surface area contributed by atoms with Crippen LogP contribution in [0.5, 0.6) is 0 Å². The number of hydrogen-bond acceptors (Lipinski definition) is 3. The van der Waals surface area contributed by atoms with E-state index in [9.17, 15) is 9.18 Å². The van der Waals surface area contributed by atoms with Crippen molar-refractivity contribution in [3.63, 3.8) is 0 Å². The van der Waals surface area contributed by atoms with Gasteiger partial charge in [0.15, 0.2) is 0 Å². The van der Waals surface area contributed by atoms with Gasteiger partial charge >= 0.3 is 0 Å². The summed E-state index contributed by atoms with van der Waals surface area (Å²) in [7, 11) is 0. The van der Waals surface area contributed by atoms with Gasteiger partial charge in [-0.2, -0.15) is 0 Å². The zero-order valence-corrected chi connectivity index (χ0v) is 12.9. The summed E-state index contributed by atoms with van der Waals surface area (Å²) in [4.78, 5) is 12.3. The van der Waals surface area contributed by atoms with Crippen molar-refractivity contribution in [2.24, 2.45) is 5.92 Å². The predicted octanol–water partition coefficient (Wildman–Crippen LogP) is 2.54. The van der Waals surface area contributed by atoms with Crippen molar-refractivity contribution >= 4 is 27.5 Å². The lowest BCUT2D eigenvalue weighted by molar-refractivity contribution is -0.120. The number of ether oxygens (including phenoxy) is 1. The zero-order chi connectivity index (χ0) is 14.5. The summed E-state index contributed by atoms with van der Waals surface area (Å²) in [5.41, 5.74) is 0.567. The molecule has 1 aliphatic heterocycles. The van der Waals surface area contributed by atoms with E-state index in [2.05, 4.69) is 33.5 Å². The minimum atomic E-state index is -0.346. The fourth-order valence-corrected chi connectivity index (χ4v) is 2.61. The summed E-state index contributed by atoms with van der Waals surface area (Å²) >= 11 is 3.24. The van der Waals surface area contributed by atoms with Crippen molar-refractivity contribution in [3.05, 3.63) is 28.5 Å². The van der Waals surface area contributed by atoms with Crippen LogP contribution in [0.15, 0.2) is 22.7 Å². The molecule has 0 aliphatic carbocycles. The van der Waals surface area contributed by atoms with E-state index in [1.54, 1.807) is 6.07 Å². The number of carbonyl (C=O) groups is 1. The number of benzene rings is 1. The first-order valence-electron chi connectivity index (χ1n) is 6.69. The van der Waals surface area contributed by atoms with Crippen LogP contribution in [-0.2, 0) is 9.53 Å². The summed E-state index contributed by atoms with van der Waals surface area (Å²) in [6, 6.07) is 4.22. The summed E-state index contributed by atoms with van der Waals surface area (Å²) in [6.07, 6.45) is 1.01. The molecule has 0 bridgehead atoms. The fourth-order valence-electron chi connectivity index (χ4n) is 2.16. The number of anilines is 1. The second-order valence-electron chi connectivity index (χ2n) is 4.82. The standard InChI is InChI=1S/C14H18BrFN2O2/c1-2-5-17-13-8-20-7-10(13)14(19)18-12-4-3-9(16)6-11(12)15/h3-4,6,10,13,17H,2,5,7-8H2,1H3,(H,18,19). The van der Waals surface area contributed by atoms with E-state index < -0.39 is 0 Å². The van der Waals surface area contributed by atoms with Gasteiger partial charge in [0.1, 0.15) is 5.82 Å². The summed E-state index contributed by atoms with van der Waals surface area (Å²) in [5, 5.41) is 6.13. The second kappa shape index (κ2) is 7.15. The first-order valence-corrected chi connectivity index (χ1v) is 7.48. The van der Waals surface area contributed by atoms with Crippen LogP contribution in [0.4, 0.5) is 10.1 Å². The Bertz CT molecular complexity index is 484. The van der Waals surface area contributed by atoms with Crippen molar-refractivity contribution in [2.45, 2.75) is 19.4 Å². The Balaban J connectivity index is 2.00. The van der Waals surface area contributed by atoms with Crippen molar-refractivity contribution in [1.29, 1.82) is 0 Å². The number of halogens is 2. The van der Waals surface area contributed by atoms with Crippen molar-refractivity contribution in [3.8, 4) is 0 Å². The van der Waals surface area contributed by atoms with Gasteiger partial charge < -0.3 is 15.4 Å². The van der Waals surface area contributed by atoms with E-state index in [4.69, 9.17) is 4.74 Å². The maximum absolute atomic E-state index is 13.0. The third-order valence-corrected chi connectivity index (χ3v) is 3.92. The summed E-state index contributed by atoms with van der Waals surface area (Å²) < 4.78 is 18.9. The van der Waals surface area contributed by atoms with E-state index in [-0.39, 0.29) is 23.7 Å². The number of carbonyl (C=O) groups excluding carboxylic acids is 1.